The Morgan fingerprint density at radius 2 is 2.18 bits per heavy atom. The molecule has 0 atom stereocenters. The second-order valence-electron chi connectivity index (χ2n) is 5.44. The molecule has 1 aliphatic rings. The molecule has 0 saturated carbocycles. The lowest BCUT2D eigenvalue weighted by Crippen LogP contribution is -2.44. The Balaban J connectivity index is 1.66. The van der Waals surface area contributed by atoms with E-state index in [9.17, 15) is 9.18 Å². The zero-order valence-corrected chi connectivity index (χ0v) is 13.0. The highest BCUT2D eigenvalue weighted by atomic mass is 19.1. The van der Waals surface area contributed by atoms with Crippen molar-refractivity contribution in [2.75, 3.05) is 46.4 Å². The maximum atomic E-state index is 13.5. The number of nitrogens with zero attached hydrogens (tertiary/aromatic N) is 1. The molecule has 0 radical (unpaired) electrons. The molecule has 1 saturated heterocycles. The fraction of sp³-hybridized carbons (Fsp3) is 0.562. The topological polar surface area (TPSA) is 53.6 Å². The predicted molar refractivity (Wildman–Crippen MR) is 83.6 cm³/mol. The third-order valence-electron chi connectivity index (χ3n) is 3.76. The van der Waals surface area contributed by atoms with E-state index in [1.54, 1.807) is 12.1 Å². The van der Waals surface area contributed by atoms with Crippen molar-refractivity contribution < 1.29 is 13.9 Å². The van der Waals surface area contributed by atoms with Gasteiger partial charge in [0.25, 0.3) is 0 Å². The predicted octanol–water partition coefficient (Wildman–Crippen LogP) is 0.788. The molecule has 2 rings (SSSR count). The molecule has 1 fully saturated rings. The first-order valence-electron chi connectivity index (χ1n) is 7.71. The van der Waals surface area contributed by atoms with E-state index in [0.717, 1.165) is 39.1 Å². The van der Waals surface area contributed by atoms with E-state index in [1.807, 2.05) is 0 Å². The summed E-state index contributed by atoms with van der Waals surface area (Å²) in [6, 6.07) is 4.60. The zero-order valence-electron chi connectivity index (χ0n) is 13.0. The lowest BCUT2D eigenvalue weighted by Gasteiger charge is -2.27. The van der Waals surface area contributed by atoms with Gasteiger partial charge in [-0.05, 0) is 30.7 Å². The molecule has 1 aromatic carbocycles. The lowest BCUT2D eigenvalue weighted by molar-refractivity contribution is -0.120. The van der Waals surface area contributed by atoms with Crippen molar-refractivity contribution in [1.29, 1.82) is 0 Å². The number of piperazine rings is 1. The number of nitrogens with one attached hydrogen (secondary N) is 2. The van der Waals surface area contributed by atoms with E-state index in [4.69, 9.17) is 4.74 Å². The van der Waals surface area contributed by atoms with Gasteiger partial charge in [-0.25, -0.2) is 4.39 Å². The lowest BCUT2D eigenvalue weighted by atomic mass is 10.1. The quantitative estimate of drug-likeness (QED) is 0.731. The van der Waals surface area contributed by atoms with E-state index in [1.165, 1.54) is 13.2 Å². The van der Waals surface area contributed by atoms with Crippen LogP contribution in [0.15, 0.2) is 18.2 Å². The number of amides is 1. The number of methoxy groups -OCH3 is 1. The van der Waals surface area contributed by atoms with Gasteiger partial charge in [-0.1, -0.05) is 6.07 Å². The maximum absolute atomic E-state index is 13.5. The summed E-state index contributed by atoms with van der Waals surface area (Å²) in [6.07, 6.45) is 1.12. The third kappa shape index (κ3) is 5.27. The largest absolute Gasteiger partial charge is 0.494 e. The summed E-state index contributed by atoms with van der Waals surface area (Å²) in [7, 11) is 1.42. The highest BCUT2D eigenvalue weighted by Gasteiger charge is 2.10. The van der Waals surface area contributed by atoms with Crippen LogP contribution in [0.4, 0.5) is 4.39 Å². The van der Waals surface area contributed by atoms with Gasteiger partial charge in [0.15, 0.2) is 11.6 Å². The van der Waals surface area contributed by atoms with E-state index in [0.29, 0.717) is 12.1 Å². The van der Waals surface area contributed by atoms with E-state index in [-0.39, 0.29) is 18.1 Å². The average Bonchev–Trinajstić information content (AvgIpc) is 2.53. The first kappa shape index (κ1) is 16.7. The Labute approximate surface area is 130 Å². The van der Waals surface area contributed by atoms with Crippen molar-refractivity contribution in [3.05, 3.63) is 29.6 Å². The number of benzene rings is 1. The Kier molecular flexibility index (Phi) is 6.61. The van der Waals surface area contributed by atoms with Gasteiger partial charge in [-0.15, -0.1) is 0 Å². The van der Waals surface area contributed by atoms with Gasteiger partial charge in [-0.2, -0.15) is 0 Å². The number of carbonyl (C=O) groups is 1. The van der Waals surface area contributed by atoms with Gasteiger partial charge in [0.2, 0.25) is 5.91 Å². The summed E-state index contributed by atoms with van der Waals surface area (Å²) in [4.78, 5) is 14.2. The van der Waals surface area contributed by atoms with Crippen LogP contribution in [0.1, 0.15) is 12.0 Å². The van der Waals surface area contributed by atoms with Crippen molar-refractivity contribution >= 4 is 5.91 Å². The molecule has 22 heavy (non-hydrogen) atoms. The maximum Gasteiger partial charge on any atom is 0.224 e. The second-order valence-corrected chi connectivity index (χ2v) is 5.44. The summed E-state index contributed by atoms with van der Waals surface area (Å²) in [6.45, 7) is 5.86. The average molecular weight is 309 g/mol. The Morgan fingerprint density at radius 1 is 1.41 bits per heavy atom. The Morgan fingerprint density at radius 3 is 2.86 bits per heavy atom. The molecule has 1 aliphatic heterocycles. The molecule has 2 N–H and O–H groups in total. The van der Waals surface area contributed by atoms with Crippen LogP contribution in [0.2, 0.25) is 0 Å². The first-order valence-corrected chi connectivity index (χ1v) is 7.71. The molecule has 1 amide bonds. The number of ether oxygens (including phenoxy) is 1. The minimum Gasteiger partial charge on any atom is -0.494 e. The van der Waals surface area contributed by atoms with Crippen molar-refractivity contribution in [3.63, 3.8) is 0 Å². The molecule has 0 aliphatic carbocycles. The summed E-state index contributed by atoms with van der Waals surface area (Å²) < 4.78 is 18.4. The normalized spacial score (nSPS) is 15.5. The molecule has 0 spiro atoms. The number of halogens is 1. The minimum absolute atomic E-state index is 0.0788. The third-order valence-corrected chi connectivity index (χ3v) is 3.76. The van der Waals surface area contributed by atoms with Crippen LogP contribution < -0.4 is 15.4 Å². The molecule has 6 heteroatoms. The van der Waals surface area contributed by atoms with Gasteiger partial charge >= 0.3 is 0 Å². The van der Waals surface area contributed by atoms with Crippen molar-refractivity contribution in [2.24, 2.45) is 0 Å². The fourth-order valence-corrected chi connectivity index (χ4v) is 2.53. The van der Waals surface area contributed by atoms with Crippen molar-refractivity contribution in [2.45, 2.75) is 12.8 Å². The van der Waals surface area contributed by atoms with Gasteiger partial charge < -0.3 is 20.3 Å². The van der Waals surface area contributed by atoms with E-state index in [2.05, 4.69) is 15.5 Å². The molecular weight excluding hydrogens is 285 g/mol. The smallest absolute Gasteiger partial charge is 0.224 e. The van der Waals surface area contributed by atoms with Gasteiger partial charge in [0.1, 0.15) is 0 Å². The Bertz CT molecular complexity index is 490. The minimum atomic E-state index is -0.438. The van der Waals surface area contributed by atoms with Crippen LogP contribution in [0, 0.1) is 5.82 Å². The van der Waals surface area contributed by atoms with Crippen molar-refractivity contribution in [1.82, 2.24) is 15.5 Å². The first-order chi connectivity index (χ1) is 10.7. The van der Waals surface area contributed by atoms with Gasteiger partial charge in [-0.3, -0.25) is 4.79 Å². The standard InChI is InChI=1S/C16H24FN3O2/c1-22-15-4-3-13(11-14(15)17)12-16(21)19-5-2-8-20-9-6-18-7-10-20/h3-4,11,18H,2,5-10,12H2,1H3,(H,19,21). The highest BCUT2D eigenvalue weighted by Crippen LogP contribution is 2.17. The van der Waals surface area contributed by atoms with Crippen LogP contribution in [0.25, 0.3) is 0 Å². The SMILES string of the molecule is COc1ccc(CC(=O)NCCCN2CCNCC2)cc1F. The summed E-state index contributed by atoms with van der Waals surface area (Å²) in [5, 5.41) is 6.20. The number of carbonyl (C=O) groups excluding carboxylic acids is 1. The number of hydrogen-bond donors (Lipinski definition) is 2. The molecule has 0 unspecified atom stereocenters. The molecule has 0 aromatic heterocycles. The van der Waals surface area contributed by atoms with E-state index >= 15 is 0 Å². The van der Waals surface area contributed by atoms with Gasteiger partial charge in [0, 0.05) is 32.7 Å². The fourth-order valence-electron chi connectivity index (χ4n) is 2.53. The molecular formula is C16H24FN3O2. The van der Waals surface area contributed by atoms with Crippen LogP contribution in [-0.2, 0) is 11.2 Å². The monoisotopic (exact) mass is 309 g/mol. The zero-order chi connectivity index (χ0) is 15.8. The van der Waals surface area contributed by atoms with Crippen LogP contribution in [-0.4, -0.2) is 57.2 Å². The molecule has 1 heterocycles. The Hall–Kier alpha value is -1.66. The van der Waals surface area contributed by atoms with E-state index < -0.39 is 5.82 Å². The van der Waals surface area contributed by atoms with Crippen LogP contribution in [0.3, 0.4) is 0 Å². The summed E-state index contributed by atoms with van der Waals surface area (Å²) in [5.74, 6) is -0.323. The summed E-state index contributed by atoms with van der Waals surface area (Å²) in [5.41, 5.74) is 0.651. The molecule has 5 nitrogen and oxygen atoms in total. The number of rotatable bonds is 7. The molecule has 0 bridgehead atoms. The molecule has 1 aromatic rings. The van der Waals surface area contributed by atoms with Crippen LogP contribution >= 0.6 is 0 Å². The van der Waals surface area contributed by atoms with Crippen molar-refractivity contribution in [3.8, 4) is 5.75 Å². The molecule has 122 valence electrons. The summed E-state index contributed by atoms with van der Waals surface area (Å²) >= 11 is 0. The highest BCUT2D eigenvalue weighted by molar-refractivity contribution is 5.78. The van der Waals surface area contributed by atoms with Crippen LogP contribution in [0.5, 0.6) is 5.75 Å². The van der Waals surface area contributed by atoms with Gasteiger partial charge in [0.05, 0.1) is 13.5 Å². The second kappa shape index (κ2) is 8.70. The number of hydrogen-bond acceptors (Lipinski definition) is 4.